The Balaban J connectivity index is 2.22. The number of thiophene rings is 1. The first-order chi connectivity index (χ1) is 9.61. The van der Waals surface area contributed by atoms with E-state index in [1.165, 1.54) is 4.88 Å². The van der Waals surface area contributed by atoms with Crippen LogP contribution in [0.3, 0.4) is 0 Å². The predicted octanol–water partition coefficient (Wildman–Crippen LogP) is 5.24. The molecule has 1 heterocycles. The molecule has 1 atom stereocenters. The molecule has 2 aromatic rings. The smallest absolute Gasteiger partial charge is 0.126 e. The Kier molecular flexibility index (Phi) is 5.75. The maximum atomic E-state index is 13.4. The summed E-state index contributed by atoms with van der Waals surface area (Å²) >= 11 is 5.34. The number of rotatable bonds is 6. The lowest BCUT2D eigenvalue weighted by Crippen LogP contribution is -2.24. The highest BCUT2D eigenvalue weighted by atomic mass is 79.9. The minimum Gasteiger partial charge on any atom is -0.310 e. The fourth-order valence-electron chi connectivity index (χ4n) is 2.17. The molecule has 1 aromatic heterocycles. The van der Waals surface area contributed by atoms with Gasteiger partial charge >= 0.3 is 0 Å². The van der Waals surface area contributed by atoms with Crippen molar-refractivity contribution in [3.05, 3.63) is 55.9 Å². The highest BCUT2D eigenvalue weighted by Gasteiger charge is 2.15. The Labute approximate surface area is 132 Å². The second-order valence-electron chi connectivity index (χ2n) is 4.91. The first-order valence-corrected chi connectivity index (χ1v) is 8.50. The highest BCUT2D eigenvalue weighted by Crippen LogP contribution is 2.29. The summed E-state index contributed by atoms with van der Waals surface area (Å²) in [5, 5.41) is 5.65. The van der Waals surface area contributed by atoms with Crippen LogP contribution in [0.25, 0.3) is 0 Å². The van der Waals surface area contributed by atoms with E-state index in [1.807, 2.05) is 19.1 Å². The number of halogens is 2. The molecule has 0 saturated carbocycles. The number of benzene rings is 1. The first kappa shape index (κ1) is 15.7. The van der Waals surface area contributed by atoms with Crippen LogP contribution < -0.4 is 5.32 Å². The van der Waals surface area contributed by atoms with Gasteiger partial charge in [-0.15, -0.1) is 11.3 Å². The summed E-state index contributed by atoms with van der Waals surface area (Å²) in [7, 11) is 0. The van der Waals surface area contributed by atoms with Crippen molar-refractivity contribution in [1.82, 2.24) is 5.32 Å². The van der Waals surface area contributed by atoms with Crippen molar-refractivity contribution in [3.63, 3.8) is 0 Å². The van der Waals surface area contributed by atoms with Gasteiger partial charge in [0.1, 0.15) is 5.82 Å². The number of nitrogens with one attached hydrogen (secondary N) is 1. The van der Waals surface area contributed by atoms with Crippen LogP contribution in [0.1, 0.15) is 35.4 Å². The lowest BCUT2D eigenvalue weighted by atomic mass is 10.0. The van der Waals surface area contributed by atoms with Crippen molar-refractivity contribution in [3.8, 4) is 0 Å². The molecule has 2 rings (SSSR count). The maximum Gasteiger partial charge on any atom is 0.126 e. The Morgan fingerprint density at radius 3 is 2.75 bits per heavy atom. The molecule has 0 radical (unpaired) electrons. The molecule has 0 bridgehead atoms. The van der Waals surface area contributed by atoms with E-state index in [9.17, 15) is 4.39 Å². The Bertz CT molecular complexity index is 567. The van der Waals surface area contributed by atoms with Gasteiger partial charge < -0.3 is 5.32 Å². The summed E-state index contributed by atoms with van der Waals surface area (Å²) in [6.07, 6.45) is 2.01. The third-order valence-corrected chi connectivity index (χ3v) is 5.25. The molecule has 1 unspecified atom stereocenters. The summed E-state index contributed by atoms with van der Waals surface area (Å²) in [5.41, 5.74) is 1.86. The molecule has 20 heavy (non-hydrogen) atoms. The molecule has 4 heteroatoms. The van der Waals surface area contributed by atoms with Gasteiger partial charge in [-0.05, 0) is 64.5 Å². The van der Waals surface area contributed by atoms with E-state index in [0.717, 1.165) is 29.4 Å². The molecule has 0 saturated heterocycles. The van der Waals surface area contributed by atoms with Gasteiger partial charge in [-0.3, -0.25) is 0 Å². The number of aryl methyl sites for hydroxylation is 1. The summed E-state index contributed by atoms with van der Waals surface area (Å²) in [6.45, 7) is 4.93. The van der Waals surface area contributed by atoms with Gasteiger partial charge in [0, 0.05) is 21.8 Å². The zero-order valence-electron chi connectivity index (χ0n) is 11.7. The van der Waals surface area contributed by atoms with Crippen molar-refractivity contribution in [1.29, 1.82) is 0 Å². The van der Waals surface area contributed by atoms with Crippen LogP contribution in [0.2, 0.25) is 0 Å². The normalized spacial score (nSPS) is 12.6. The fourth-order valence-corrected chi connectivity index (χ4v) is 3.73. The molecule has 1 nitrogen and oxygen atoms in total. The monoisotopic (exact) mass is 355 g/mol. The van der Waals surface area contributed by atoms with Crippen molar-refractivity contribution < 1.29 is 4.39 Å². The third kappa shape index (κ3) is 3.90. The highest BCUT2D eigenvalue weighted by molar-refractivity contribution is 9.10. The topological polar surface area (TPSA) is 12.0 Å². The standard InChI is InChI=1S/C16H19BrFNS/c1-3-7-19-15(10-16-13(17)6-8-20-16)12-4-5-14(18)11(2)9-12/h4-6,8-9,15,19H,3,7,10H2,1-2H3. The average molecular weight is 356 g/mol. The number of hydrogen-bond acceptors (Lipinski definition) is 2. The van der Waals surface area contributed by atoms with Crippen molar-refractivity contribution in [2.75, 3.05) is 6.54 Å². The van der Waals surface area contributed by atoms with Gasteiger partial charge in [0.25, 0.3) is 0 Å². The van der Waals surface area contributed by atoms with Gasteiger partial charge in [0.2, 0.25) is 0 Å². The predicted molar refractivity (Wildman–Crippen MR) is 87.9 cm³/mol. The van der Waals surface area contributed by atoms with Crippen LogP contribution in [0.5, 0.6) is 0 Å². The Hall–Kier alpha value is -0.710. The van der Waals surface area contributed by atoms with Crippen LogP contribution in [-0.4, -0.2) is 6.54 Å². The summed E-state index contributed by atoms with van der Waals surface area (Å²) < 4.78 is 14.6. The SMILES string of the molecule is CCCNC(Cc1sccc1Br)c1ccc(F)c(C)c1. The second kappa shape index (κ2) is 7.34. The number of hydrogen-bond donors (Lipinski definition) is 1. The summed E-state index contributed by atoms with van der Waals surface area (Å²) in [4.78, 5) is 1.32. The average Bonchev–Trinajstić information content (AvgIpc) is 2.83. The van der Waals surface area contributed by atoms with Crippen LogP contribution in [0, 0.1) is 12.7 Å². The van der Waals surface area contributed by atoms with Crippen LogP contribution in [-0.2, 0) is 6.42 Å². The molecule has 1 aromatic carbocycles. The van der Waals surface area contributed by atoms with E-state index in [4.69, 9.17) is 0 Å². The fraction of sp³-hybridized carbons (Fsp3) is 0.375. The van der Waals surface area contributed by atoms with E-state index < -0.39 is 0 Å². The van der Waals surface area contributed by atoms with E-state index in [2.05, 4.69) is 39.6 Å². The zero-order valence-corrected chi connectivity index (χ0v) is 14.2. The van der Waals surface area contributed by atoms with Gasteiger partial charge in [0.15, 0.2) is 0 Å². The van der Waals surface area contributed by atoms with Crippen LogP contribution in [0.15, 0.2) is 34.1 Å². The van der Waals surface area contributed by atoms with Crippen LogP contribution in [0.4, 0.5) is 4.39 Å². The zero-order chi connectivity index (χ0) is 14.5. The molecular formula is C16H19BrFNS. The maximum absolute atomic E-state index is 13.4. The Morgan fingerprint density at radius 1 is 1.35 bits per heavy atom. The van der Waals surface area contributed by atoms with Crippen molar-refractivity contribution in [2.24, 2.45) is 0 Å². The lowest BCUT2D eigenvalue weighted by molar-refractivity contribution is 0.529. The molecule has 0 aliphatic heterocycles. The third-order valence-electron chi connectivity index (χ3n) is 3.31. The minimum atomic E-state index is -0.139. The van der Waals surface area contributed by atoms with E-state index in [1.54, 1.807) is 17.4 Å². The second-order valence-corrected chi connectivity index (χ2v) is 6.77. The van der Waals surface area contributed by atoms with Crippen molar-refractivity contribution in [2.45, 2.75) is 32.7 Å². The molecular weight excluding hydrogens is 337 g/mol. The quantitative estimate of drug-likeness (QED) is 0.746. The minimum absolute atomic E-state index is 0.139. The lowest BCUT2D eigenvalue weighted by Gasteiger charge is -2.19. The first-order valence-electron chi connectivity index (χ1n) is 6.83. The summed E-state index contributed by atoms with van der Waals surface area (Å²) in [6, 6.07) is 7.70. The van der Waals surface area contributed by atoms with Crippen LogP contribution >= 0.6 is 27.3 Å². The largest absolute Gasteiger partial charge is 0.310 e. The van der Waals surface area contributed by atoms with Gasteiger partial charge in [-0.25, -0.2) is 4.39 Å². The molecule has 108 valence electrons. The molecule has 0 aliphatic rings. The van der Waals surface area contributed by atoms with Gasteiger partial charge in [0.05, 0.1) is 0 Å². The van der Waals surface area contributed by atoms with Gasteiger partial charge in [-0.1, -0.05) is 19.1 Å². The van der Waals surface area contributed by atoms with E-state index >= 15 is 0 Å². The molecule has 1 N–H and O–H groups in total. The molecule has 0 spiro atoms. The molecule has 0 fully saturated rings. The molecule has 0 aliphatic carbocycles. The summed E-state index contributed by atoms with van der Waals surface area (Å²) in [5.74, 6) is -0.139. The van der Waals surface area contributed by atoms with Gasteiger partial charge in [-0.2, -0.15) is 0 Å². The van der Waals surface area contributed by atoms with E-state index in [0.29, 0.717) is 5.56 Å². The van der Waals surface area contributed by atoms with E-state index in [-0.39, 0.29) is 11.9 Å². The molecule has 0 amide bonds. The Morgan fingerprint density at radius 2 is 2.15 bits per heavy atom. The van der Waals surface area contributed by atoms with Crippen molar-refractivity contribution >= 4 is 27.3 Å².